The number of rotatable bonds is 7. The molecule has 1 aliphatic rings. The highest BCUT2D eigenvalue weighted by Gasteiger charge is 2.27. The molecule has 0 heterocycles. The van der Waals surface area contributed by atoms with E-state index >= 15 is 0 Å². The Morgan fingerprint density at radius 2 is 1.75 bits per heavy atom. The monoisotopic (exact) mass is 283 g/mol. The van der Waals surface area contributed by atoms with Crippen molar-refractivity contribution in [1.29, 1.82) is 0 Å². The second-order valence-corrected chi connectivity index (χ2v) is 6.61. The van der Waals surface area contributed by atoms with Gasteiger partial charge in [0.2, 0.25) is 5.91 Å². The number of nitrogens with one attached hydrogen (secondary N) is 1. The van der Waals surface area contributed by atoms with Crippen LogP contribution in [0.2, 0.25) is 0 Å². The highest BCUT2D eigenvalue weighted by atomic mass is 16.4. The van der Waals surface area contributed by atoms with Crippen LogP contribution in [-0.2, 0) is 9.59 Å². The zero-order chi connectivity index (χ0) is 15.1. The fourth-order valence-corrected chi connectivity index (χ4v) is 2.92. The van der Waals surface area contributed by atoms with Crippen molar-refractivity contribution in [2.75, 3.05) is 0 Å². The Hall–Kier alpha value is -1.06. The number of carboxylic acid groups (broad SMARTS) is 1. The molecule has 1 rings (SSSR count). The van der Waals surface area contributed by atoms with Crippen LogP contribution < -0.4 is 5.32 Å². The van der Waals surface area contributed by atoms with E-state index in [9.17, 15) is 9.59 Å². The van der Waals surface area contributed by atoms with E-state index in [0.717, 1.165) is 37.5 Å². The van der Waals surface area contributed by atoms with Gasteiger partial charge in [-0.2, -0.15) is 0 Å². The zero-order valence-electron chi connectivity index (χ0n) is 13.0. The summed E-state index contributed by atoms with van der Waals surface area (Å²) in [6.07, 6.45) is 7.88. The normalized spacial score (nSPS) is 24.4. The van der Waals surface area contributed by atoms with Crippen LogP contribution in [0.1, 0.15) is 65.7 Å². The van der Waals surface area contributed by atoms with Gasteiger partial charge in [0.05, 0.1) is 0 Å². The smallest absolute Gasteiger partial charge is 0.325 e. The molecule has 0 spiro atoms. The minimum Gasteiger partial charge on any atom is -0.480 e. The third kappa shape index (κ3) is 5.93. The van der Waals surface area contributed by atoms with E-state index in [1.165, 1.54) is 26.2 Å². The first-order valence-electron chi connectivity index (χ1n) is 7.93. The fraction of sp³-hybridized carbons (Fsp3) is 0.875. The van der Waals surface area contributed by atoms with Crippen LogP contribution in [0.5, 0.6) is 0 Å². The van der Waals surface area contributed by atoms with Crippen LogP contribution in [0.25, 0.3) is 0 Å². The van der Waals surface area contributed by atoms with Gasteiger partial charge in [0.25, 0.3) is 0 Å². The molecule has 4 heteroatoms. The molecule has 0 aliphatic heterocycles. The summed E-state index contributed by atoms with van der Waals surface area (Å²) in [5, 5.41) is 11.4. The van der Waals surface area contributed by atoms with Crippen molar-refractivity contribution in [3.05, 3.63) is 0 Å². The van der Waals surface area contributed by atoms with Crippen molar-refractivity contribution in [3.8, 4) is 0 Å². The molecular weight excluding hydrogens is 254 g/mol. The molecule has 0 saturated heterocycles. The molecule has 1 amide bonds. The molecule has 4 nitrogen and oxygen atoms in total. The van der Waals surface area contributed by atoms with Gasteiger partial charge in [-0.05, 0) is 44.4 Å². The lowest BCUT2D eigenvalue weighted by Gasteiger charge is -2.28. The molecule has 116 valence electrons. The topological polar surface area (TPSA) is 66.4 Å². The van der Waals surface area contributed by atoms with Crippen molar-refractivity contribution in [2.45, 2.75) is 71.8 Å². The first-order chi connectivity index (χ1) is 9.40. The Morgan fingerprint density at radius 1 is 1.15 bits per heavy atom. The van der Waals surface area contributed by atoms with E-state index in [-0.39, 0.29) is 11.8 Å². The molecule has 0 aromatic carbocycles. The maximum absolute atomic E-state index is 11.9. The summed E-state index contributed by atoms with van der Waals surface area (Å²) in [4.78, 5) is 22.7. The van der Waals surface area contributed by atoms with Crippen LogP contribution in [0.4, 0.5) is 0 Å². The molecular formula is C16H29NO3. The largest absolute Gasteiger partial charge is 0.480 e. The average molecular weight is 283 g/mol. The summed E-state index contributed by atoms with van der Waals surface area (Å²) in [5.74, 6) is 0.490. The SMILES string of the molecule is CC(C)CCCC1CCC(C(=O)NC(C)C(=O)O)CC1. The summed E-state index contributed by atoms with van der Waals surface area (Å²) in [6, 6.07) is -0.786. The van der Waals surface area contributed by atoms with Crippen molar-refractivity contribution in [3.63, 3.8) is 0 Å². The van der Waals surface area contributed by atoms with Crippen molar-refractivity contribution in [2.24, 2.45) is 17.8 Å². The van der Waals surface area contributed by atoms with E-state index in [0.29, 0.717) is 0 Å². The molecule has 0 aromatic heterocycles. The lowest BCUT2D eigenvalue weighted by molar-refractivity contribution is -0.142. The van der Waals surface area contributed by atoms with Gasteiger partial charge in [-0.15, -0.1) is 0 Å². The standard InChI is InChI=1S/C16H29NO3/c1-11(2)5-4-6-13-7-9-14(10-8-13)15(18)17-12(3)16(19)20/h11-14H,4-10H2,1-3H3,(H,17,18)(H,19,20). The molecule has 1 fully saturated rings. The number of carbonyl (C=O) groups is 2. The fourth-order valence-electron chi connectivity index (χ4n) is 2.92. The minimum atomic E-state index is -0.972. The zero-order valence-corrected chi connectivity index (χ0v) is 13.0. The lowest BCUT2D eigenvalue weighted by Crippen LogP contribution is -2.42. The van der Waals surface area contributed by atoms with Gasteiger partial charge in [-0.3, -0.25) is 9.59 Å². The van der Waals surface area contributed by atoms with Crippen LogP contribution >= 0.6 is 0 Å². The Morgan fingerprint density at radius 3 is 2.25 bits per heavy atom. The number of carboxylic acids is 1. The second kappa shape index (κ2) is 8.28. The minimum absolute atomic E-state index is 0.0122. The number of carbonyl (C=O) groups excluding carboxylic acids is 1. The lowest BCUT2D eigenvalue weighted by atomic mass is 9.79. The number of amides is 1. The molecule has 0 radical (unpaired) electrons. The highest BCUT2D eigenvalue weighted by Crippen LogP contribution is 2.32. The summed E-state index contributed by atoms with van der Waals surface area (Å²) in [6.45, 7) is 6.02. The summed E-state index contributed by atoms with van der Waals surface area (Å²) in [7, 11) is 0. The molecule has 20 heavy (non-hydrogen) atoms. The molecule has 1 unspecified atom stereocenters. The van der Waals surface area contributed by atoms with Gasteiger partial charge >= 0.3 is 5.97 Å². The molecule has 0 bridgehead atoms. The summed E-state index contributed by atoms with van der Waals surface area (Å²) in [5.41, 5.74) is 0. The van der Waals surface area contributed by atoms with Gasteiger partial charge in [0.1, 0.15) is 6.04 Å². The van der Waals surface area contributed by atoms with E-state index in [1.807, 2.05) is 0 Å². The molecule has 2 N–H and O–H groups in total. The Balaban J connectivity index is 2.24. The number of hydrogen-bond donors (Lipinski definition) is 2. The molecule has 0 aromatic rings. The van der Waals surface area contributed by atoms with Crippen LogP contribution in [0, 0.1) is 17.8 Å². The maximum atomic E-state index is 11.9. The van der Waals surface area contributed by atoms with Crippen molar-refractivity contribution in [1.82, 2.24) is 5.32 Å². The Labute approximate surface area is 122 Å². The van der Waals surface area contributed by atoms with Crippen LogP contribution in [0.3, 0.4) is 0 Å². The number of aliphatic carboxylic acids is 1. The summed E-state index contributed by atoms with van der Waals surface area (Å²) < 4.78 is 0. The third-order valence-corrected chi connectivity index (χ3v) is 4.34. The quantitative estimate of drug-likeness (QED) is 0.754. The Kier molecular flexibility index (Phi) is 7.03. The predicted molar refractivity (Wildman–Crippen MR) is 79.4 cm³/mol. The van der Waals surface area contributed by atoms with Crippen LogP contribution in [-0.4, -0.2) is 23.0 Å². The maximum Gasteiger partial charge on any atom is 0.325 e. The van der Waals surface area contributed by atoms with E-state index in [2.05, 4.69) is 19.2 Å². The summed E-state index contributed by atoms with van der Waals surface area (Å²) >= 11 is 0. The van der Waals surface area contributed by atoms with E-state index in [1.54, 1.807) is 0 Å². The van der Waals surface area contributed by atoms with Crippen LogP contribution in [0.15, 0.2) is 0 Å². The molecule has 1 saturated carbocycles. The van der Waals surface area contributed by atoms with Gasteiger partial charge in [0, 0.05) is 5.92 Å². The van der Waals surface area contributed by atoms with Crippen molar-refractivity contribution < 1.29 is 14.7 Å². The Bertz CT molecular complexity index is 320. The third-order valence-electron chi connectivity index (χ3n) is 4.34. The van der Waals surface area contributed by atoms with Gasteiger partial charge in [-0.1, -0.05) is 33.1 Å². The highest BCUT2D eigenvalue weighted by molar-refractivity contribution is 5.84. The number of hydrogen-bond acceptors (Lipinski definition) is 2. The van der Waals surface area contributed by atoms with Gasteiger partial charge in [-0.25, -0.2) is 0 Å². The predicted octanol–water partition coefficient (Wildman–Crippen LogP) is 3.21. The van der Waals surface area contributed by atoms with Gasteiger partial charge in [0.15, 0.2) is 0 Å². The molecule has 1 atom stereocenters. The second-order valence-electron chi connectivity index (χ2n) is 6.61. The van der Waals surface area contributed by atoms with E-state index in [4.69, 9.17) is 5.11 Å². The first-order valence-corrected chi connectivity index (χ1v) is 7.93. The average Bonchev–Trinajstić information content (AvgIpc) is 2.38. The molecule has 1 aliphatic carbocycles. The first kappa shape index (κ1) is 17.0. The van der Waals surface area contributed by atoms with Crippen molar-refractivity contribution >= 4 is 11.9 Å². The van der Waals surface area contributed by atoms with E-state index < -0.39 is 12.0 Å². The van der Waals surface area contributed by atoms with Gasteiger partial charge < -0.3 is 10.4 Å².